The first-order valence-corrected chi connectivity index (χ1v) is 8.18. The summed E-state index contributed by atoms with van der Waals surface area (Å²) in [6.07, 6.45) is 2.02. The minimum Gasteiger partial charge on any atom is -0.334 e. The van der Waals surface area contributed by atoms with Gasteiger partial charge in [0.1, 0.15) is 0 Å². The Hall–Kier alpha value is -0.390. The van der Waals surface area contributed by atoms with Crippen LogP contribution in [0.4, 0.5) is 0 Å². The van der Waals surface area contributed by atoms with E-state index >= 15 is 0 Å². The zero-order valence-corrected chi connectivity index (χ0v) is 14.1. The van der Waals surface area contributed by atoms with Crippen molar-refractivity contribution in [1.82, 2.24) is 10.2 Å². The molecule has 0 aromatic heterocycles. The molecule has 104 valence electrons. The molecule has 3 nitrogen and oxygen atoms in total. The van der Waals surface area contributed by atoms with Crippen LogP contribution in [0, 0.1) is 0 Å². The SMILES string of the molecule is CCCN(C(=O)c1ccc(Br)cc1Br)C1CCNC1. The highest BCUT2D eigenvalue weighted by atomic mass is 79.9. The Balaban J connectivity index is 2.22. The van der Waals surface area contributed by atoms with Gasteiger partial charge in [-0.1, -0.05) is 22.9 Å². The van der Waals surface area contributed by atoms with Gasteiger partial charge in [0.25, 0.3) is 5.91 Å². The molecule has 1 aromatic carbocycles. The fraction of sp³-hybridized carbons (Fsp3) is 0.500. The summed E-state index contributed by atoms with van der Waals surface area (Å²) in [6, 6.07) is 6.03. The number of nitrogens with one attached hydrogen (secondary N) is 1. The molecule has 1 aliphatic rings. The molecule has 1 aliphatic heterocycles. The predicted molar refractivity (Wildman–Crippen MR) is 84.4 cm³/mol. The topological polar surface area (TPSA) is 32.3 Å². The molecule has 0 spiro atoms. The Bertz CT molecular complexity index is 459. The second kappa shape index (κ2) is 6.86. The Morgan fingerprint density at radius 2 is 2.26 bits per heavy atom. The summed E-state index contributed by atoms with van der Waals surface area (Å²) in [5.74, 6) is 0.120. The van der Waals surface area contributed by atoms with Crippen LogP contribution in [0.1, 0.15) is 30.1 Å². The molecule has 2 rings (SSSR count). The van der Waals surface area contributed by atoms with Gasteiger partial charge in [0.2, 0.25) is 0 Å². The second-order valence-electron chi connectivity index (χ2n) is 4.77. The first kappa shape index (κ1) is 15.0. The van der Waals surface area contributed by atoms with Crippen LogP contribution in [0.15, 0.2) is 27.1 Å². The van der Waals surface area contributed by atoms with E-state index in [9.17, 15) is 4.79 Å². The van der Waals surface area contributed by atoms with E-state index in [4.69, 9.17) is 0 Å². The molecule has 1 N–H and O–H groups in total. The fourth-order valence-electron chi connectivity index (χ4n) is 2.41. The molecule has 5 heteroatoms. The number of halogens is 2. The molecule has 1 amide bonds. The van der Waals surface area contributed by atoms with Crippen LogP contribution in [0.2, 0.25) is 0 Å². The average molecular weight is 390 g/mol. The molecule has 1 unspecified atom stereocenters. The van der Waals surface area contributed by atoms with Crippen LogP contribution >= 0.6 is 31.9 Å². The molecular formula is C14H18Br2N2O. The first-order chi connectivity index (χ1) is 9.13. The highest BCUT2D eigenvalue weighted by molar-refractivity contribution is 9.11. The highest BCUT2D eigenvalue weighted by Gasteiger charge is 2.27. The Morgan fingerprint density at radius 3 is 2.84 bits per heavy atom. The zero-order valence-electron chi connectivity index (χ0n) is 11.0. The van der Waals surface area contributed by atoms with Gasteiger partial charge >= 0.3 is 0 Å². The van der Waals surface area contributed by atoms with E-state index in [0.717, 1.165) is 47.0 Å². The van der Waals surface area contributed by atoms with Gasteiger partial charge in [-0.25, -0.2) is 0 Å². The van der Waals surface area contributed by atoms with Gasteiger partial charge in [-0.2, -0.15) is 0 Å². The first-order valence-electron chi connectivity index (χ1n) is 6.60. The van der Waals surface area contributed by atoms with Crippen LogP contribution < -0.4 is 5.32 Å². The maximum absolute atomic E-state index is 12.7. The summed E-state index contributed by atoms with van der Waals surface area (Å²) in [5, 5.41) is 3.33. The number of carbonyl (C=O) groups excluding carboxylic acids is 1. The molecule has 0 bridgehead atoms. The monoisotopic (exact) mass is 388 g/mol. The zero-order chi connectivity index (χ0) is 13.8. The van der Waals surface area contributed by atoms with Crippen molar-refractivity contribution in [2.45, 2.75) is 25.8 Å². The van der Waals surface area contributed by atoms with Gasteiger partial charge in [0, 0.05) is 28.1 Å². The summed E-state index contributed by atoms with van der Waals surface area (Å²) in [5.41, 5.74) is 0.739. The smallest absolute Gasteiger partial charge is 0.255 e. The lowest BCUT2D eigenvalue weighted by Crippen LogP contribution is -2.42. The molecule has 1 fully saturated rings. The normalized spacial score (nSPS) is 18.6. The van der Waals surface area contributed by atoms with Crippen molar-refractivity contribution in [2.24, 2.45) is 0 Å². The third-order valence-corrected chi connectivity index (χ3v) is 4.51. The summed E-state index contributed by atoms with van der Waals surface area (Å²) < 4.78 is 1.82. The van der Waals surface area contributed by atoms with Gasteiger partial charge in [-0.05, 0) is 53.5 Å². The van der Waals surface area contributed by atoms with Crippen molar-refractivity contribution < 1.29 is 4.79 Å². The number of hydrogen-bond acceptors (Lipinski definition) is 2. The standard InChI is InChI=1S/C14H18Br2N2O/c1-2-7-18(11-5-6-17-9-11)14(19)12-4-3-10(15)8-13(12)16/h3-4,8,11,17H,2,5-7,9H2,1H3. The minimum absolute atomic E-state index is 0.120. The minimum atomic E-state index is 0.120. The van der Waals surface area contributed by atoms with E-state index in [1.807, 2.05) is 23.1 Å². The van der Waals surface area contributed by atoms with Crippen molar-refractivity contribution in [2.75, 3.05) is 19.6 Å². The van der Waals surface area contributed by atoms with Gasteiger partial charge < -0.3 is 10.2 Å². The summed E-state index contributed by atoms with van der Waals surface area (Å²) in [7, 11) is 0. The average Bonchev–Trinajstić information content (AvgIpc) is 2.89. The van der Waals surface area contributed by atoms with Gasteiger partial charge in [0.05, 0.1) is 5.56 Å². The van der Waals surface area contributed by atoms with Crippen LogP contribution in [0.3, 0.4) is 0 Å². The number of benzene rings is 1. The number of nitrogens with zero attached hydrogens (tertiary/aromatic N) is 1. The van der Waals surface area contributed by atoms with E-state index < -0.39 is 0 Å². The Morgan fingerprint density at radius 1 is 1.47 bits per heavy atom. The lowest BCUT2D eigenvalue weighted by molar-refractivity contribution is 0.0691. The van der Waals surface area contributed by atoms with Crippen LogP contribution in [0.25, 0.3) is 0 Å². The summed E-state index contributed by atoms with van der Waals surface area (Å²) >= 11 is 6.90. The van der Waals surface area contributed by atoms with Gasteiger partial charge in [0.15, 0.2) is 0 Å². The van der Waals surface area contributed by atoms with Crippen LogP contribution in [0.5, 0.6) is 0 Å². The van der Waals surface area contributed by atoms with Crippen LogP contribution in [-0.2, 0) is 0 Å². The molecule has 0 radical (unpaired) electrons. The second-order valence-corrected chi connectivity index (χ2v) is 6.54. The molecule has 1 heterocycles. The molecule has 1 saturated heterocycles. The highest BCUT2D eigenvalue weighted by Crippen LogP contribution is 2.24. The maximum Gasteiger partial charge on any atom is 0.255 e. The number of amides is 1. The van der Waals surface area contributed by atoms with E-state index in [2.05, 4.69) is 44.1 Å². The van der Waals surface area contributed by atoms with Crippen LogP contribution in [-0.4, -0.2) is 36.5 Å². The molecular weight excluding hydrogens is 372 g/mol. The van der Waals surface area contributed by atoms with Crippen molar-refractivity contribution >= 4 is 37.8 Å². The number of rotatable bonds is 4. The predicted octanol–water partition coefficient (Wildman–Crippen LogP) is 3.43. The maximum atomic E-state index is 12.7. The third-order valence-electron chi connectivity index (χ3n) is 3.36. The third kappa shape index (κ3) is 3.58. The Kier molecular flexibility index (Phi) is 5.42. The van der Waals surface area contributed by atoms with E-state index in [1.54, 1.807) is 0 Å². The largest absolute Gasteiger partial charge is 0.334 e. The molecule has 0 saturated carbocycles. The van der Waals surface area contributed by atoms with Crippen molar-refractivity contribution in [1.29, 1.82) is 0 Å². The molecule has 0 aliphatic carbocycles. The van der Waals surface area contributed by atoms with Gasteiger partial charge in [-0.15, -0.1) is 0 Å². The number of carbonyl (C=O) groups is 1. The van der Waals surface area contributed by atoms with Crippen molar-refractivity contribution in [3.63, 3.8) is 0 Å². The van der Waals surface area contributed by atoms with Crippen molar-refractivity contribution in [3.8, 4) is 0 Å². The molecule has 1 aromatic rings. The molecule has 19 heavy (non-hydrogen) atoms. The molecule has 1 atom stereocenters. The lowest BCUT2D eigenvalue weighted by Gasteiger charge is -2.28. The lowest BCUT2D eigenvalue weighted by atomic mass is 10.1. The Labute approximate surface area is 131 Å². The van der Waals surface area contributed by atoms with E-state index in [1.165, 1.54) is 0 Å². The van der Waals surface area contributed by atoms with Crippen molar-refractivity contribution in [3.05, 3.63) is 32.7 Å². The van der Waals surface area contributed by atoms with E-state index in [-0.39, 0.29) is 5.91 Å². The van der Waals surface area contributed by atoms with Gasteiger partial charge in [-0.3, -0.25) is 4.79 Å². The quantitative estimate of drug-likeness (QED) is 0.855. The fourth-order valence-corrected chi connectivity index (χ4v) is 3.63. The number of hydrogen-bond donors (Lipinski definition) is 1. The summed E-state index contributed by atoms with van der Waals surface area (Å²) in [6.45, 7) is 4.83. The van der Waals surface area contributed by atoms with E-state index in [0.29, 0.717) is 6.04 Å². The summed E-state index contributed by atoms with van der Waals surface area (Å²) in [4.78, 5) is 14.7.